The topological polar surface area (TPSA) is 60.0 Å². The summed E-state index contributed by atoms with van der Waals surface area (Å²) < 4.78 is 16.8. The fourth-order valence-corrected chi connectivity index (χ4v) is 3.79. The van der Waals surface area contributed by atoms with Crippen molar-refractivity contribution in [3.63, 3.8) is 0 Å². The van der Waals surface area contributed by atoms with Gasteiger partial charge < -0.3 is 19.5 Å². The lowest BCUT2D eigenvalue weighted by Gasteiger charge is -2.36. The Labute approximate surface area is 189 Å². The van der Waals surface area contributed by atoms with Crippen LogP contribution in [-0.4, -0.2) is 56.8 Å². The lowest BCUT2D eigenvalue weighted by atomic mass is 10.0. The monoisotopic (exact) mass is 446 g/mol. The van der Waals surface area contributed by atoms with Gasteiger partial charge in [0.25, 0.3) is 5.91 Å². The summed E-state index contributed by atoms with van der Waals surface area (Å²) in [6.45, 7) is 8.61. The molecule has 0 aromatic heterocycles. The maximum atomic E-state index is 12.8. The van der Waals surface area contributed by atoms with E-state index in [9.17, 15) is 4.79 Å². The summed E-state index contributed by atoms with van der Waals surface area (Å²) in [5.74, 6) is 1.41. The van der Waals surface area contributed by atoms with Crippen molar-refractivity contribution in [1.82, 2.24) is 10.2 Å². The highest BCUT2D eigenvalue weighted by Gasteiger charge is 2.24. The predicted molar refractivity (Wildman–Crippen MR) is 122 cm³/mol. The Morgan fingerprint density at radius 3 is 2.48 bits per heavy atom. The summed E-state index contributed by atoms with van der Waals surface area (Å²) >= 11 is 5.92. The smallest absolute Gasteiger partial charge is 0.251 e. The molecule has 1 fully saturated rings. The molecule has 2 aromatic carbocycles. The summed E-state index contributed by atoms with van der Waals surface area (Å²) in [6, 6.07) is 13.0. The van der Waals surface area contributed by atoms with Gasteiger partial charge in [0.15, 0.2) is 11.5 Å². The van der Waals surface area contributed by atoms with Gasteiger partial charge in [0.2, 0.25) is 0 Å². The first-order valence-corrected chi connectivity index (χ1v) is 11.0. The molecule has 0 aliphatic carbocycles. The quantitative estimate of drug-likeness (QED) is 0.630. The third-order valence-corrected chi connectivity index (χ3v) is 5.74. The zero-order valence-electron chi connectivity index (χ0n) is 18.4. The largest absolute Gasteiger partial charge is 0.493 e. The minimum Gasteiger partial charge on any atom is -0.493 e. The molecule has 0 radical (unpaired) electrons. The Morgan fingerprint density at radius 2 is 1.84 bits per heavy atom. The molecule has 1 N–H and O–H groups in total. The van der Waals surface area contributed by atoms with Gasteiger partial charge in [-0.3, -0.25) is 9.69 Å². The van der Waals surface area contributed by atoms with E-state index in [1.807, 2.05) is 24.3 Å². The van der Waals surface area contributed by atoms with Crippen LogP contribution in [0.25, 0.3) is 0 Å². The molecule has 1 aliphatic heterocycles. The number of benzene rings is 2. The van der Waals surface area contributed by atoms with E-state index in [1.54, 1.807) is 25.3 Å². The molecule has 168 valence electrons. The van der Waals surface area contributed by atoms with Crippen LogP contribution in [0.2, 0.25) is 5.02 Å². The lowest BCUT2D eigenvalue weighted by Crippen LogP contribution is -2.51. The number of amides is 1. The summed E-state index contributed by atoms with van der Waals surface area (Å²) in [6.07, 6.45) is 0. The average molecular weight is 447 g/mol. The van der Waals surface area contributed by atoms with Crippen LogP contribution in [0.5, 0.6) is 11.5 Å². The number of carbonyl (C=O) groups excluding carboxylic acids is 1. The van der Waals surface area contributed by atoms with Crippen LogP contribution in [0, 0.1) is 5.92 Å². The van der Waals surface area contributed by atoms with E-state index in [0.717, 1.165) is 31.9 Å². The lowest BCUT2D eigenvalue weighted by molar-refractivity contribution is 0.00672. The third-order valence-electron chi connectivity index (χ3n) is 5.49. The molecule has 1 amide bonds. The minimum absolute atomic E-state index is 0.124. The number of ether oxygens (including phenoxy) is 3. The normalized spacial score (nSPS) is 15.5. The van der Waals surface area contributed by atoms with Crippen molar-refractivity contribution in [3.05, 3.63) is 58.6 Å². The summed E-state index contributed by atoms with van der Waals surface area (Å²) in [7, 11) is 1.57. The SMILES string of the molecule is COc1cc(C(=O)NC[C@H](C(C)C)N2CCOCC2)ccc1OCc1ccc(Cl)cc1. The van der Waals surface area contributed by atoms with E-state index in [-0.39, 0.29) is 11.9 Å². The molecule has 0 spiro atoms. The molecule has 3 rings (SSSR count). The van der Waals surface area contributed by atoms with Crippen molar-refractivity contribution < 1.29 is 19.0 Å². The Kier molecular flexibility index (Phi) is 8.58. The van der Waals surface area contributed by atoms with Gasteiger partial charge in [0, 0.05) is 36.3 Å². The Hall–Kier alpha value is -2.28. The number of hydrogen-bond acceptors (Lipinski definition) is 5. The van der Waals surface area contributed by atoms with Gasteiger partial charge in [-0.05, 0) is 41.8 Å². The van der Waals surface area contributed by atoms with Crippen molar-refractivity contribution in [2.24, 2.45) is 5.92 Å². The number of nitrogens with one attached hydrogen (secondary N) is 1. The van der Waals surface area contributed by atoms with Gasteiger partial charge in [-0.1, -0.05) is 37.6 Å². The van der Waals surface area contributed by atoms with Crippen LogP contribution in [0.15, 0.2) is 42.5 Å². The van der Waals surface area contributed by atoms with Gasteiger partial charge in [-0.15, -0.1) is 0 Å². The molecule has 1 heterocycles. The number of hydrogen-bond donors (Lipinski definition) is 1. The van der Waals surface area contributed by atoms with E-state index in [2.05, 4.69) is 24.1 Å². The van der Waals surface area contributed by atoms with Gasteiger partial charge in [-0.25, -0.2) is 0 Å². The van der Waals surface area contributed by atoms with Crippen molar-refractivity contribution in [3.8, 4) is 11.5 Å². The van der Waals surface area contributed by atoms with Crippen molar-refractivity contribution in [1.29, 1.82) is 0 Å². The van der Waals surface area contributed by atoms with Crippen LogP contribution in [0.4, 0.5) is 0 Å². The van der Waals surface area contributed by atoms with Gasteiger partial charge >= 0.3 is 0 Å². The van der Waals surface area contributed by atoms with Gasteiger partial charge in [-0.2, -0.15) is 0 Å². The van der Waals surface area contributed by atoms with Crippen LogP contribution in [0.1, 0.15) is 29.8 Å². The van der Waals surface area contributed by atoms with Crippen LogP contribution < -0.4 is 14.8 Å². The zero-order chi connectivity index (χ0) is 22.2. The van der Waals surface area contributed by atoms with Crippen molar-refractivity contribution in [2.45, 2.75) is 26.5 Å². The van der Waals surface area contributed by atoms with E-state index in [4.69, 9.17) is 25.8 Å². The number of morpholine rings is 1. The molecule has 0 bridgehead atoms. The number of rotatable bonds is 9. The first-order valence-electron chi connectivity index (χ1n) is 10.6. The Morgan fingerprint density at radius 1 is 1.13 bits per heavy atom. The maximum absolute atomic E-state index is 12.8. The molecular formula is C24H31ClN2O4. The number of nitrogens with zero attached hydrogens (tertiary/aromatic N) is 1. The Bertz CT molecular complexity index is 851. The predicted octanol–water partition coefficient (Wildman–Crippen LogP) is 4.01. The minimum atomic E-state index is -0.124. The third kappa shape index (κ3) is 6.60. The number of methoxy groups -OCH3 is 1. The highest BCUT2D eigenvalue weighted by atomic mass is 35.5. The summed E-state index contributed by atoms with van der Waals surface area (Å²) in [4.78, 5) is 15.2. The first kappa shape index (κ1) is 23.4. The molecule has 0 saturated carbocycles. The van der Waals surface area contributed by atoms with E-state index < -0.39 is 0 Å². The molecule has 6 nitrogen and oxygen atoms in total. The fraction of sp³-hybridized carbons (Fsp3) is 0.458. The molecule has 1 saturated heterocycles. The van der Waals surface area contributed by atoms with Gasteiger partial charge in [0.05, 0.1) is 20.3 Å². The zero-order valence-corrected chi connectivity index (χ0v) is 19.2. The van der Waals surface area contributed by atoms with Gasteiger partial charge in [0.1, 0.15) is 6.61 Å². The molecule has 0 unspecified atom stereocenters. The van der Waals surface area contributed by atoms with Crippen LogP contribution in [0.3, 0.4) is 0 Å². The second-order valence-electron chi connectivity index (χ2n) is 7.95. The van der Waals surface area contributed by atoms with E-state index in [0.29, 0.717) is 41.2 Å². The Balaban J connectivity index is 1.60. The average Bonchev–Trinajstić information content (AvgIpc) is 2.79. The molecule has 31 heavy (non-hydrogen) atoms. The van der Waals surface area contributed by atoms with E-state index in [1.165, 1.54) is 0 Å². The maximum Gasteiger partial charge on any atom is 0.251 e. The number of carbonyl (C=O) groups is 1. The fourth-order valence-electron chi connectivity index (χ4n) is 3.66. The highest BCUT2D eigenvalue weighted by molar-refractivity contribution is 6.30. The molecule has 7 heteroatoms. The second kappa shape index (κ2) is 11.4. The summed E-state index contributed by atoms with van der Waals surface area (Å²) in [5, 5.41) is 3.77. The van der Waals surface area contributed by atoms with E-state index >= 15 is 0 Å². The second-order valence-corrected chi connectivity index (χ2v) is 8.39. The molecule has 2 aromatic rings. The van der Waals surface area contributed by atoms with Crippen LogP contribution >= 0.6 is 11.6 Å². The molecule has 1 aliphatic rings. The van der Waals surface area contributed by atoms with Crippen LogP contribution in [-0.2, 0) is 11.3 Å². The summed E-state index contributed by atoms with van der Waals surface area (Å²) in [5.41, 5.74) is 1.54. The first-order chi connectivity index (χ1) is 15.0. The van der Waals surface area contributed by atoms with Crippen molar-refractivity contribution >= 4 is 17.5 Å². The standard InChI is InChI=1S/C24H31ClN2O4/c1-17(2)21(27-10-12-30-13-11-27)15-26-24(28)19-6-9-22(23(14-19)29-3)31-16-18-4-7-20(25)8-5-18/h4-9,14,17,21H,10-13,15-16H2,1-3H3,(H,26,28)/t21-/m1/s1. The molecular weight excluding hydrogens is 416 g/mol. The number of halogens is 1. The highest BCUT2D eigenvalue weighted by Crippen LogP contribution is 2.29. The van der Waals surface area contributed by atoms with Crippen molar-refractivity contribution in [2.75, 3.05) is 40.0 Å². The molecule has 1 atom stereocenters.